The molecule has 7 nitrogen and oxygen atoms in total. The van der Waals surface area contributed by atoms with E-state index in [-0.39, 0.29) is 19.1 Å². The number of pyridine rings is 1. The molecule has 1 N–H and O–H groups in total. The van der Waals surface area contributed by atoms with E-state index in [9.17, 15) is 9.59 Å². The van der Waals surface area contributed by atoms with Crippen molar-refractivity contribution in [3.05, 3.63) is 36.4 Å². The van der Waals surface area contributed by atoms with Gasteiger partial charge in [-0.2, -0.15) is 0 Å². The molecule has 1 fully saturated rings. The van der Waals surface area contributed by atoms with E-state index in [1.54, 1.807) is 35.3 Å². The lowest BCUT2D eigenvalue weighted by atomic mass is 10.1. The summed E-state index contributed by atoms with van der Waals surface area (Å²) in [6.45, 7) is 0.653. The van der Waals surface area contributed by atoms with Gasteiger partial charge in [0, 0.05) is 18.3 Å². The minimum Gasteiger partial charge on any atom is -0.480 e. The third kappa shape index (κ3) is 2.12. The highest BCUT2D eigenvalue weighted by atomic mass is 16.5. The highest BCUT2D eigenvalue weighted by Gasteiger charge is 2.33. The number of nitrogens with zero attached hydrogens (tertiary/aromatic N) is 3. The van der Waals surface area contributed by atoms with E-state index >= 15 is 0 Å². The smallest absolute Gasteiger partial charge is 0.328 e. The molecule has 2 aromatic heterocycles. The molecule has 0 radical (unpaired) electrons. The number of amides is 1. The molecular weight excluding hydrogens is 262 g/mol. The first kappa shape index (κ1) is 12.6. The number of carbonyl (C=O) groups is 2. The number of aliphatic carboxylic acids is 1. The molecule has 0 saturated carbocycles. The van der Waals surface area contributed by atoms with Gasteiger partial charge in [0.2, 0.25) is 0 Å². The van der Waals surface area contributed by atoms with E-state index < -0.39 is 12.0 Å². The van der Waals surface area contributed by atoms with Crippen molar-refractivity contribution in [2.45, 2.75) is 6.04 Å². The molecule has 1 amide bonds. The van der Waals surface area contributed by atoms with Gasteiger partial charge in [-0.15, -0.1) is 0 Å². The van der Waals surface area contributed by atoms with Crippen LogP contribution < -0.4 is 0 Å². The van der Waals surface area contributed by atoms with Gasteiger partial charge in [-0.1, -0.05) is 0 Å². The van der Waals surface area contributed by atoms with Gasteiger partial charge < -0.3 is 19.1 Å². The van der Waals surface area contributed by atoms with Crippen molar-refractivity contribution in [1.29, 1.82) is 0 Å². The van der Waals surface area contributed by atoms with Crippen molar-refractivity contribution in [3.8, 4) is 0 Å². The Morgan fingerprint density at radius 1 is 1.45 bits per heavy atom. The van der Waals surface area contributed by atoms with Crippen LogP contribution >= 0.6 is 0 Å². The standard InChI is InChI=1S/C13H13N3O4/c17-12(16-3-4-20-7-11(16)13(18)19)9-1-2-15-8-14-6-10(15)5-9/h1-2,5-6,8,11H,3-4,7H2,(H,18,19). The first-order chi connectivity index (χ1) is 9.66. The summed E-state index contributed by atoms with van der Waals surface area (Å²) < 4.78 is 6.91. The van der Waals surface area contributed by atoms with Crippen LogP contribution in [0.25, 0.3) is 5.52 Å². The van der Waals surface area contributed by atoms with Crippen LogP contribution in [-0.2, 0) is 9.53 Å². The van der Waals surface area contributed by atoms with E-state index in [0.29, 0.717) is 12.2 Å². The minimum atomic E-state index is -1.05. The van der Waals surface area contributed by atoms with E-state index in [0.717, 1.165) is 5.52 Å². The summed E-state index contributed by atoms with van der Waals surface area (Å²) in [4.78, 5) is 29.0. The second kappa shape index (κ2) is 4.93. The topological polar surface area (TPSA) is 84.1 Å². The average Bonchev–Trinajstić information content (AvgIpc) is 2.93. The Bertz CT molecular complexity index is 666. The Labute approximate surface area is 114 Å². The first-order valence-electron chi connectivity index (χ1n) is 6.20. The summed E-state index contributed by atoms with van der Waals surface area (Å²) in [5.41, 5.74) is 1.24. The van der Waals surface area contributed by atoms with E-state index in [2.05, 4.69) is 4.98 Å². The minimum absolute atomic E-state index is 0.0238. The van der Waals surface area contributed by atoms with Crippen molar-refractivity contribution < 1.29 is 19.4 Å². The maximum absolute atomic E-state index is 12.5. The molecule has 0 aliphatic carbocycles. The van der Waals surface area contributed by atoms with E-state index in [4.69, 9.17) is 9.84 Å². The second-order valence-corrected chi connectivity index (χ2v) is 4.57. The Kier molecular flexibility index (Phi) is 3.11. The molecule has 1 atom stereocenters. The molecule has 20 heavy (non-hydrogen) atoms. The monoisotopic (exact) mass is 275 g/mol. The first-order valence-corrected chi connectivity index (χ1v) is 6.20. The molecule has 1 unspecified atom stereocenters. The molecule has 0 aromatic carbocycles. The summed E-state index contributed by atoms with van der Waals surface area (Å²) in [6, 6.07) is 2.42. The lowest BCUT2D eigenvalue weighted by Gasteiger charge is -2.32. The lowest BCUT2D eigenvalue weighted by molar-refractivity contribution is -0.147. The zero-order valence-corrected chi connectivity index (χ0v) is 10.6. The van der Waals surface area contributed by atoms with Crippen LogP contribution in [0.1, 0.15) is 10.4 Å². The maximum Gasteiger partial charge on any atom is 0.328 e. The molecule has 3 rings (SSSR count). The zero-order valence-electron chi connectivity index (χ0n) is 10.6. The summed E-state index contributed by atoms with van der Waals surface area (Å²) in [5, 5.41) is 9.16. The van der Waals surface area contributed by atoms with Crippen LogP contribution in [-0.4, -0.2) is 57.1 Å². The van der Waals surface area contributed by atoms with Crippen LogP contribution in [0.3, 0.4) is 0 Å². The Balaban J connectivity index is 1.91. The largest absolute Gasteiger partial charge is 0.480 e. The fourth-order valence-electron chi connectivity index (χ4n) is 2.27. The number of ether oxygens (including phenoxy) is 1. The number of hydrogen-bond acceptors (Lipinski definition) is 4. The van der Waals surface area contributed by atoms with Crippen LogP contribution in [0, 0.1) is 0 Å². The van der Waals surface area contributed by atoms with Gasteiger partial charge in [0.25, 0.3) is 5.91 Å². The van der Waals surface area contributed by atoms with Crippen molar-refractivity contribution in [2.24, 2.45) is 0 Å². The normalized spacial score (nSPS) is 19.2. The highest BCUT2D eigenvalue weighted by Crippen LogP contribution is 2.14. The molecule has 0 bridgehead atoms. The van der Waals surface area contributed by atoms with Crippen LogP contribution in [0.4, 0.5) is 0 Å². The summed E-state index contributed by atoms with van der Waals surface area (Å²) in [6.07, 6.45) is 5.01. The average molecular weight is 275 g/mol. The zero-order chi connectivity index (χ0) is 14.1. The van der Waals surface area contributed by atoms with E-state index in [1.165, 1.54) is 4.90 Å². The molecular formula is C13H13N3O4. The summed E-state index contributed by atoms with van der Waals surface area (Å²) in [5.74, 6) is -1.35. The predicted molar refractivity (Wildman–Crippen MR) is 68.5 cm³/mol. The van der Waals surface area contributed by atoms with Gasteiger partial charge in [-0.05, 0) is 12.1 Å². The molecule has 2 aromatic rings. The lowest BCUT2D eigenvalue weighted by Crippen LogP contribution is -2.52. The third-order valence-electron chi connectivity index (χ3n) is 3.34. The molecule has 3 heterocycles. The number of rotatable bonds is 2. The van der Waals surface area contributed by atoms with Crippen LogP contribution in [0.2, 0.25) is 0 Å². The van der Waals surface area contributed by atoms with Crippen molar-refractivity contribution >= 4 is 17.4 Å². The highest BCUT2D eigenvalue weighted by molar-refractivity contribution is 5.97. The van der Waals surface area contributed by atoms with Gasteiger partial charge in [0.05, 0.1) is 31.3 Å². The van der Waals surface area contributed by atoms with Crippen LogP contribution in [0.15, 0.2) is 30.9 Å². The molecule has 104 valence electrons. The molecule has 1 saturated heterocycles. The maximum atomic E-state index is 12.5. The number of imidazole rings is 1. The SMILES string of the molecule is O=C(O)C1COCCN1C(=O)c1ccn2cncc2c1. The fraction of sp³-hybridized carbons (Fsp3) is 0.308. The molecule has 1 aliphatic heterocycles. The van der Waals surface area contributed by atoms with Crippen molar-refractivity contribution in [1.82, 2.24) is 14.3 Å². The Hall–Kier alpha value is -2.41. The van der Waals surface area contributed by atoms with E-state index in [1.807, 2.05) is 0 Å². The fourth-order valence-corrected chi connectivity index (χ4v) is 2.27. The number of carbonyl (C=O) groups excluding carboxylic acids is 1. The third-order valence-corrected chi connectivity index (χ3v) is 3.34. The molecule has 7 heteroatoms. The van der Waals surface area contributed by atoms with Gasteiger partial charge >= 0.3 is 5.97 Å². The Morgan fingerprint density at radius 2 is 2.30 bits per heavy atom. The predicted octanol–water partition coefficient (Wildman–Crippen LogP) is 0.260. The van der Waals surface area contributed by atoms with Gasteiger partial charge in [0.15, 0.2) is 6.04 Å². The number of hydrogen-bond donors (Lipinski definition) is 1. The van der Waals surface area contributed by atoms with Gasteiger partial charge in [-0.25, -0.2) is 9.78 Å². The number of morpholine rings is 1. The van der Waals surface area contributed by atoms with Gasteiger partial charge in [-0.3, -0.25) is 4.79 Å². The number of aromatic nitrogens is 2. The van der Waals surface area contributed by atoms with Crippen LogP contribution in [0.5, 0.6) is 0 Å². The van der Waals surface area contributed by atoms with Gasteiger partial charge in [0.1, 0.15) is 0 Å². The number of carboxylic acids is 1. The number of carboxylic acid groups (broad SMARTS) is 1. The van der Waals surface area contributed by atoms with Crippen molar-refractivity contribution in [2.75, 3.05) is 19.8 Å². The summed E-state index contributed by atoms with van der Waals surface area (Å²) >= 11 is 0. The van der Waals surface area contributed by atoms with Crippen molar-refractivity contribution in [3.63, 3.8) is 0 Å². The number of fused-ring (bicyclic) bond motifs is 1. The summed E-state index contributed by atoms with van der Waals surface area (Å²) in [7, 11) is 0. The molecule has 1 aliphatic rings. The quantitative estimate of drug-likeness (QED) is 0.850. The second-order valence-electron chi connectivity index (χ2n) is 4.57. The Morgan fingerprint density at radius 3 is 3.10 bits per heavy atom. The molecule has 0 spiro atoms.